The highest BCUT2D eigenvalue weighted by atomic mass is 19.3. The first-order valence-corrected chi connectivity index (χ1v) is 2.73. The third-order valence-electron chi connectivity index (χ3n) is 1.35. The molecule has 1 nitrogen and oxygen atoms in total. The zero-order chi connectivity index (χ0) is 6.91. The van der Waals surface area contributed by atoms with Gasteiger partial charge in [0.15, 0.2) is 0 Å². The largest absolute Gasteiger partial charge is 0.327 e. The first-order chi connectivity index (χ1) is 4.14. The SMILES string of the molecule is C#CN1CCC(F)(F)C1. The van der Waals surface area contributed by atoms with Gasteiger partial charge in [0, 0.05) is 19.0 Å². The normalized spacial score (nSPS) is 23.9. The third-order valence-corrected chi connectivity index (χ3v) is 1.35. The minimum absolute atomic E-state index is 0.100. The monoisotopic (exact) mass is 131 g/mol. The Hall–Kier alpha value is -0.780. The number of likely N-dealkylation sites (tertiary alicyclic amines) is 1. The predicted octanol–water partition coefficient (Wildman–Crippen LogP) is 0.918. The van der Waals surface area contributed by atoms with Crippen molar-refractivity contribution < 1.29 is 8.78 Å². The summed E-state index contributed by atoms with van der Waals surface area (Å²) in [5.74, 6) is -2.55. The third kappa shape index (κ3) is 1.32. The molecule has 1 saturated heterocycles. The van der Waals surface area contributed by atoms with Crippen LogP contribution in [0, 0.1) is 12.5 Å². The molecule has 0 amide bonds. The molecule has 0 bridgehead atoms. The van der Waals surface area contributed by atoms with Gasteiger partial charge in [-0.1, -0.05) is 6.42 Å². The van der Waals surface area contributed by atoms with Crippen LogP contribution in [-0.2, 0) is 0 Å². The highest BCUT2D eigenvalue weighted by molar-refractivity contribution is 4.93. The van der Waals surface area contributed by atoms with Crippen LogP contribution in [0.5, 0.6) is 0 Å². The van der Waals surface area contributed by atoms with E-state index in [0.29, 0.717) is 6.54 Å². The molecule has 0 saturated carbocycles. The number of rotatable bonds is 0. The van der Waals surface area contributed by atoms with Crippen LogP contribution in [0.25, 0.3) is 0 Å². The average Bonchev–Trinajstić information content (AvgIpc) is 2.10. The molecule has 0 aromatic rings. The zero-order valence-electron chi connectivity index (χ0n) is 4.90. The molecule has 1 fully saturated rings. The first kappa shape index (κ1) is 6.34. The fourth-order valence-corrected chi connectivity index (χ4v) is 0.846. The van der Waals surface area contributed by atoms with Gasteiger partial charge in [-0.3, -0.25) is 0 Å². The topological polar surface area (TPSA) is 3.24 Å². The summed E-state index contributed by atoms with van der Waals surface area (Å²) in [4.78, 5) is 1.29. The molecule has 1 aliphatic rings. The quantitative estimate of drug-likeness (QED) is 0.442. The van der Waals surface area contributed by atoms with Crippen molar-refractivity contribution in [1.29, 1.82) is 0 Å². The minimum atomic E-state index is -2.55. The average molecular weight is 131 g/mol. The number of alkyl halides is 2. The minimum Gasteiger partial charge on any atom is -0.327 e. The van der Waals surface area contributed by atoms with Crippen LogP contribution in [-0.4, -0.2) is 23.9 Å². The Kier molecular flexibility index (Phi) is 1.32. The second kappa shape index (κ2) is 1.87. The maximum absolute atomic E-state index is 12.2. The molecular weight excluding hydrogens is 124 g/mol. The lowest BCUT2D eigenvalue weighted by molar-refractivity contribution is 0.0169. The van der Waals surface area contributed by atoms with Gasteiger partial charge < -0.3 is 4.90 Å². The van der Waals surface area contributed by atoms with Crippen molar-refractivity contribution in [3.63, 3.8) is 0 Å². The summed E-state index contributed by atoms with van der Waals surface area (Å²) < 4.78 is 24.5. The van der Waals surface area contributed by atoms with Crippen molar-refractivity contribution in [2.45, 2.75) is 12.3 Å². The van der Waals surface area contributed by atoms with Crippen molar-refractivity contribution >= 4 is 0 Å². The molecule has 0 atom stereocenters. The lowest BCUT2D eigenvalue weighted by Gasteiger charge is -2.07. The number of nitrogens with zero attached hydrogens (tertiary/aromatic N) is 1. The van der Waals surface area contributed by atoms with Gasteiger partial charge in [0.25, 0.3) is 5.92 Å². The molecule has 3 heteroatoms. The van der Waals surface area contributed by atoms with Crippen LogP contribution in [0.4, 0.5) is 8.78 Å². The zero-order valence-corrected chi connectivity index (χ0v) is 4.90. The van der Waals surface area contributed by atoms with Crippen LogP contribution in [0.2, 0.25) is 0 Å². The molecule has 0 unspecified atom stereocenters. The summed E-state index contributed by atoms with van der Waals surface area (Å²) in [6.45, 7) is 0.0486. The molecule has 0 N–H and O–H groups in total. The Labute approximate surface area is 52.6 Å². The summed E-state index contributed by atoms with van der Waals surface area (Å²) in [6, 6.07) is 2.17. The van der Waals surface area contributed by atoms with Crippen LogP contribution in [0.15, 0.2) is 0 Å². The van der Waals surface area contributed by atoms with E-state index >= 15 is 0 Å². The Balaban J connectivity index is 2.50. The summed E-state index contributed by atoms with van der Waals surface area (Å²) in [6.07, 6.45) is 4.80. The fourth-order valence-electron chi connectivity index (χ4n) is 0.846. The van der Waals surface area contributed by atoms with E-state index in [1.54, 1.807) is 0 Å². The summed E-state index contributed by atoms with van der Waals surface area (Å²) in [5.41, 5.74) is 0. The van der Waals surface area contributed by atoms with Crippen molar-refractivity contribution in [2.24, 2.45) is 0 Å². The van der Waals surface area contributed by atoms with E-state index in [2.05, 4.69) is 6.04 Å². The van der Waals surface area contributed by atoms with E-state index in [0.717, 1.165) is 0 Å². The predicted molar refractivity (Wildman–Crippen MR) is 30.0 cm³/mol. The van der Waals surface area contributed by atoms with Gasteiger partial charge in [-0.25, -0.2) is 8.78 Å². The van der Waals surface area contributed by atoms with Crippen molar-refractivity contribution in [2.75, 3.05) is 13.1 Å². The molecule has 50 valence electrons. The molecule has 1 aliphatic heterocycles. The second-order valence-corrected chi connectivity index (χ2v) is 2.16. The van der Waals surface area contributed by atoms with E-state index in [1.807, 2.05) is 0 Å². The van der Waals surface area contributed by atoms with Gasteiger partial charge in [-0.05, 0) is 0 Å². The van der Waals surface area contributed by atoms with Crippen molar-refractivity contribution in [3.8, 4) is 12.5 Å². The molecule has 0 aromatic carbocycles. The lowest BCUT2D eigenvalue weighted by atomic mass is 10.3. The molecule has 0 aromatic heterocycles. The highest BCUT2D eigenvalue weighted by Crippen LogP contribution is 2.25. The molecule has 0 aliphatic carbocycles. The van der Waals surface area contributed by atoms with Gasteiger partial charge in [0.2, 0.25) is 0 Å². The van der Waals surface area contributed by atoms with Gasteiger partial charge in [-0.15, -0.1) is 0 Å². The van der Waals surface area contributed by atoms with Crippen LogP contribution in [0.3, 0.4) is 0 Å². The first-order valence-electron chi connectivity index (χ1n) is 2.73. The maximum atomic E-state index is 12.2. The van der Waals surface area contributed by atoms with Gasteiger partial charge in [-0.2, -0.15) is 0 Å². The number of halogens is 2. The molecule has 1 heterocycles. The second-order valence-electron chi connectivity index (χ2n) is 2.16. The molecule has 1 rings (SSSR count). The standard InChI is InChI=1S/C6H7F2N/c1-2-9-4-3-6(7,8)5-9/h1H,3-5H2. The van der Waals surface area contributed by atoms with Crippen LogP contribution >= 0.6 is 0 Å². The van der Waals surface area contributed by atoms with E-state index in [9.17, 15) is 8.78 Å². The van der Waals surface area contributed by atoms with E-state index in [-0.39, 0.29) is 13.0 Å². The van der Waals surface area contributed by atoms with Crippen molar-refractivity contribution in [3.05, 3.63) is 0 Å². The van der Waals surface area contributed by atoms with Gasteiger partial charge >= 0.3 is 0 Å². The molecular formula is C6H7F2N. The van der Waals surface area contributed by atoms with Gasteiger partial charge in [0.05, 0.1) is 6.54 Å². The molecule has 0 radical (unpaired) electrons. The summed E-state index contributed by atoms with van der Waals surface area (Å²) in [7, 11) is 0. The Morgan fingerprint density at radius 1 is 1.56 bits per heavy atom. The smallest absolute Gasteiger partial charge is 0.267 e. The van der Waals surface area contributed by atoms with Crippen LogP contribution in [0.1, 0.15) is 6.42 Å². The van der Waals surface area contributed by atoms with Crippen molar-refractivity contribution in [1.82, 2.24) is 4.90 Å². The lowest BCUT2D eigenvalue weighted by Crippen LogP contribution is -2.20. The fraction of sp³-hybridized carbons (Fsp3) is 0.667. The van der Waals surface area contributed by atoms with E-state index in [1.165, 1.54) is 4.90 Å². The Morgan fingerprint density at radius 3 is 2.44 bits per heavy atom. The van der Waals surface area contributed by atoms with E-state index in [4.69, 9.17) is 6.42 Å². The molecule has 0 spiro atoms. The van der Waals surface area contributed by atoms with Crippen LogP contribution < -0.4 is 0 Å². The maximum Gasteiger partial charge on any atom is 0.267 e. The number of terminal acetylenes is 1. The Bertz CT molecular complexity index is 148. The van der Waals surface area contributed by atoms with E-state index < -0.39 is 5.92 Å². The molecule has 9 heavy (non-hydrogen) atoms. The highest BCUT2D eigenvalue weighted by Gasteiger charge is 2.37. The summed E-state index contributed by atoms with van der Waals surface area (Å²) >= 11 is 0. The number of hydrogen-bond acceptors (Lipinski definition) is 1. The number of hydrogen-bond donors (Lipinski definition) is 0. The Morgan fingerprint density at radius 2 is 2.22 bits per heavy atom. The summed E-state index contributed by atoms with van der Waals surface area (Å²) in [5, 5.41) is 0. The van der Waals surface area contributed by atoms with Gasteiger partial charge in [0.1, 0.15) is 0 Å².